The van der Waals surface area contributed by atoms with Crippen LogP contribution in [0.3, 0.4) is 0 Å². The number of ether oxygens (including phenoxy) is 2. The monoisotopic (exact) mass is 296 g/mol. The Morgan fingerprint density at radius 1 is 1.43 bits per heavy atom. The summed E-state index contributed by atoms with van der Waals surface area (Å²) >= 11 is 0. The SMILES string of the molecule is COCCC1(CNc2cc(C(=O)OC)c(N)cc2F)CC1. The summed E-state index contributed by atoms with van der Waals surface area (Å²) in [5.74, 6) is -1.04. The first kappa shape index (κ1) is 15.6. The summed E-state index contributed by atoms with van der Waals surface area (Å²) in [6, 6.07) is 2.55. The van der Waals surface area contributed by atoms with Crippen molar-refractivity contribution in [1.82, 2.24) is 0 Å². The lowest BCUT2D eigenvalue weighted by molar-refractivity contribution is 0.0602. The molecule has 1 aliphatic carbocycles. The van der Waals surface area contributed by atoms with Gasteiger partial charge in [-0.15, -0.1) is 0 Å². The molecule has 1 aromatic rings. The van der Waals surface area contributed by atoms with Crippen LogP contribution < -0.4 is 11.1 Å². The molecule has 1 aromatic carbocycles. The molecule has 21 heavy (non-hydrogen) atoms. The van der Waals surface area contributed by atoms with E-state index in [-0.39, 0.29) is 22.4 Å². The van der Waals surface area contributed by atoms with Crippen molar-refractivity contribution in [3.8, 4) is 0 Å². The van der Waals surface area contributed by atoms with E-state index in [1.807, 2.05) is 0 Å². The molecule has 0 spiro atoms. The maximum atomic E-state index is 13.9. The summed E-state index contributed by atoms with van der Waals surface area (Å²) < 4.78 is 23.7. The van der Waals surface area contributed by atoms with Gasteiger partial charge in [0.05, 0.1) is 18.4 Å². The van der Waals surface area contributed by atoms with E-state index >= 15 is 0 Å². The molecule has 0 atom stereocenters. The molecule has 0 unspecified atom stereocenters. The fraction of sp³-hybridized carbons (Fsp3) is 0.533. The van der Waals surface area contributed by atoms with E-state index in [9.17, 15) is 9.18 Å². The predicted octanol–water partition coefficient (Wildman–Crippen LogP) is 2.42. The minimum atomic E-state index is -0.573. The van der Waals surface area contributed by atoms with Crippen LogP contribution in [0.5, 0.6) is 0 Å². The molecule has 0 aliphatic heterocycles. The summed E-state index contributed by atoms with van der Waals surface area (Å²) in [5.41, 5.74) is 6.33. The summed E-state index contributed by atoms with van der Waals surface area (Å²) in [6.07, 6.45) is 3.14. The molecule has 5 nitrogen and oxygen atoms in total. The molecule has 3 N–H and O–H groups in total. The Morgan fingerprint density at radius 3 is 2.71 bits per heavy atom. The zero-order valence-corrected chi connectivity index (χ0v) is 12.4. The molecule has 0 radical (unpaired) electrons. The van der Waals surface area contributed by atoms with Gasteiger partial charge in [0.25, 0.3) is 0 Å². The Labute approximate surface area is 123 Å². The van der Waals surface area contributed by atoms with Crippen LogP contribution in [0.2, 0.25) is 0 Å². The van der Waals surface area contributed by atoms with Gasteiger partial charge < -0.3 is 20.5 Å². The second kappa shape index (κ2) is 6.30. The molecule has 0 aromatic heterocycles. The Kier molecular flexibility index (Phi) is 4.67. The number of rotatable bonds is 7. The number of halogens is 1. The van der Waals surface area contributed by atoms with Gasteiger partial charge in [0.15, 0.2) is 0 Å². The minimum Gasteiger partial charge on any atom is -0.465 e. The van der Waals surface area contributed by atoms with Crippen LogP contribution in [-0.4, -0.2) is 33.3 Å². The zero-order chi connectivity index (χ0) is 15.5. The van der Waals surface area contributed by atoms with E-state index in [0.717, 1.165) is 25.3 Å². The highest BCUT2D eigenvalue weighted by molar-refractivity contribution is 5.96. The van der Waals surface area contributed by atoms with Crippen LogP contribution in [0.25, 0.3) is 0 Å². The average Bonchev–Trinajstić information content (AvgIpc) is 3.24. The third-order valence-electron chi connectivity index (χ3n) is 3.99. The van der Waals surface area contributed by atoms with Crippen molar-refractivity contribution < 1.29 is 18.7 Å². The third-order valence-corrected chi connectivity index (χ3v) is 3.99. The highest BCUT2D eigenvalue weighted by Gasteiger charge is 2.41. The number of anilines is 2. The Balaban J connectivity index is 2.08. The van der Waals surface area contributed by atoms with Gasteiger partial charge in [-0.3, -0.25) is 0 Å². The Bertz CT molecular complexity index is 530. The van der Waals surface area contributed by atoms with Crippen LogP contribution in [0, 0.1) is 11.2 Å². The molecule has 0 amide bonds. The number of methoxy groups -OCH3 is 2. The lowest BCUT2D eigenvalue weighted by Gasteiger charge is -2.17. The van der Waals surface area contributed by atoms with E-state index in [0.29, 0.717) is 13.2 Å². The summed E-state index contributed by atoms with van der Waals surface area (Å²) in [7, 11) is 2.94. The summed E-state index contributed by atoms with van der Waals surface area (Å²) in [4.78, 5) is 11.6. The number of esters is 1. The summed E-state index contributed by atoms with van der Waals surface area (Å²) in [5, 5.41) is 3.08. The topological polar surface area (TPSA) is 73.6 Å². The number of nitrogens with one attached hydrogen (secondary N) is 1. The van der Waals surface area contributed by atoms with Crippen molar-refractivity contribution in [3.05, 3.63) is 23.5 Å². The number of carbonyl (C=O) groups is 1. The van der Waals surface area contributed by atoms with Crippen molar-refractivity contribution in [2.24, 2.45) is 5.41 Å². The Hall–Kier alpha value is -1.82. The highest BCUT2D eigenvalue weighted by Crippen LogP contribution is 2.48. The van der Waals surface area contributed by atoms with E-state index < -0.39 is 11.8 Å². The van der Waals surface area contributed by atoms with Gasteiger partial charge in [-0.25, -0.2) is 9.18 Å². The number of hydrogen-bond acceptors (Lipinski definition) is 5. The lowest BCUT2D eigenvalue weighted by atomic mass is 10.0. The van der Waals surface area contributed by atoms with Gasteiger partial charge in [0.1, 0.15) is 5.82 Å². The molecule has 0 bridgehead atoms. The van der Waals surface area contributed by atoms with Crippen LogP contribution in [0.4, 0.5) is 15.8 Å². The molecule has 116 valence electrons. The van der Waals surface area contributed by atoms with Crippen LogP contribution in [-0.2, 0) is 9.47 Å². The van der Waals surface area contributed by atoms with Crippen molar-refractivity contribution in [2.75, 3.05) is 38.4 Å². The molecule has 1 aliphatic rings. The van der Waals surface area contributed by atoms with Crippen LogP contribution in [0.1, 0.15) is 29.6 Å². The van der Waals surface area contributed by atoms with E-state index in [2.05, 4.69) is 10.1 Å². The molecule has 6 heteroatoms. The smallest absolute Gasteiger partial charge is 0.340 e. The van der Waals surface area contributed by atoms with Gasteiger partial charge in [-0.2, -0.15) is 0 Å². The molecule has 0 heterocycles. The lowest BCUT2D eigenvalue weighted by Crippen LogP contribution is -2.18. The maximum Gasteiger partial charge on any atom is 0.340 e. The second-order valence-electron chi connectivity index (χ2n) is 5.51. The van der Waals surface area contributed by atoms with E-state index in [4.69, 9.17) is 10.5 Å². The van der Waals surface area contributed by atoms with Crippen molar-refractivity contribution in [2.45, 2.75) is 19.3 Å². The van der Waals surface area contributed by atoms with Crippen molar-refractivity contribution >= 4 is 17.3 Å². The normalized spacial score (nSPS) is 15.6. The average molecular weight is 296 g/mol. The molecule has 2 rings (SSSR count). The van der Waals surface area contributed by atoms with Crippen LogP contribution in [0.15, 0.2) is 12.1 Å². The largest absolute Gasteiger partial charge is 0.465 e. The molecular weight excluding hydrogens is 275 g/mol. The number of carbonyl (C=O) groups excluding carboxylic acids is 1. The number of hydrogen-bond donors (Lipinski definition) is 2. The number of nitrogens with two attached hydrogens (primary N) is 1. The fourth-order valence-corrected chi connectivity index (χ4v) is 2.30. The van der Waals surface area contributed by atoms with Gasteiger partial charge in [0.2, 0.25) is 0 Å². The molecular formula is C15H21FN2O3. The zero-order valence-electron chi connectivity index (χ0n) is 12.4. The second-order valence-corrected chi connectivity index (χ2v) is 5.51. The number of benzene rings is 1. The van der Waals surface area contributed by atoms with Gasteiger partial charge in [0, 0.05) is 25.9 Å². The van der Waals surface area contributed by atoms with E-state index in [1.165, 1.54) is 13.2 Å². The van der Waals surface area contributed by atoms with E-state index in [1.54, 1.807) is 7.11 Å². The first-order valence-electron chi connectivity index (χ1n) is 6.91. The highest BCUT2D eigenvalue weighted by atomic mass is 19.1. The van der Waals surface area contributed by atoms with Gasteiger partial charge >= 0.3 is 5.97 Å². The maximum absolute atomic E-state index is 13.9. The van der Waals surface area contributed by atoms with Crippen molar-refractivity contribution in [3.63, 3.8) is 0 Å². The van der Waals surface area contributed by atoms with Gasteiger partial charge in [-0.1, -0.05) is 0 Å². The quantitative estimate of drug-likeness (QED) is 0.597. The number of nitrogen functional groups attached to an aromatic ring is 1. The van der Waals surface area contributed by atoms with Crippen molar-refractivity contribution in [1.29, 1.82) is 0 Å². The summed E-state index contributed by atoms with van der Waals surface area (Å²) in [6.45, 7) is 1.34. The first-order chi connectivity index (χ1) is 10.0. The molecule has 1 fully saturated rings. The predicted molar refractivity (Wildman–Crippen MR) is 78.8 cm³/mol. The fourth-order valence-electron chi connectivity index (χ4n) is 2.30. The third kappa shape index (κ3) is 3.64. The van der Waals surface area contributed by atoms with Crippen LogP contribution >= 0.6 is 0 Å². The Morgan fingerprint density at radius 2 is 2.14 bits per heavy atom. The minimum absolute atomic E-state index is 0.0745. The first-order valence-corrected chi connectivity index (χ1v) is 6.91. The van der Waals surface area contributed by atoms with Gasteiger partial charge in [-0.05, 0) is 36.8 Å². The standard InChI is InChI=1S/C15H21FN2O3/c1-20-6-5-15(3-4-15)9-18-13-7-10(14(19)21-2)12(17)8-11(13)16/h7-8,18H,3-6,9,17H2,1-2H3. The molecule has 0 saturated heterocycles. The molecule has 1 saturated carbocycles.